The molecule has 7 nitrogen and oxygen atoms in total. The number of aliphatic hydroxyl groups excluding tert-OH is 1. The highest BCUT2D eigenvalue weighted by Gasteiger charge is 2.18. The first-order valence-electron chi connectivity index (χ1n) is 6.73. The summed E-state index contributed by atoms with van der Waals surface area (Å²) in [5, 5.41) is 28.3. The van der Waals surface area contributed by atoms with Crippen molar-refractivity contribution in [3.8, 4) is 5.69 Å². The van der Waals surface area contributed by atoms with E-state index in [-0.39, 0.29) is 12.3 Å². The van der Waals surface area contributed by atoms with Gasteiger partial charge in [-0.25, -0.2) is 4.68 Å². The molecule has 0 atom stereocenters. The van der Waals surface area contributed by atoms with Crippen LogP contribution in [0.5, 0.6) is 0 Å². The summed E-state index contributed by atoms with van der Waals surface area (Å²) in [5.74, 6) is 0.353. The van der Waals surface area contributed by atoms with Gasteiger partial charge in [-0.3, -0.25) is 10.1 Å². The molecule has 7 heteroatoms. The standard InChI is InChI=1S/C14H18N4O3/c1-9(2)6-14-12(8-19)15-16-17(14)13-7-11(18(20)21)5-4-10(13)3/h4-5,7,9,19H,6,8H2,1-3H3. The van der Waals surface area contributed by atoms with Crippen molar-refractivity contribution in [2.24, 2.45) is 5.92 Å². The molecule has 0 aliphatic carbocycles. The van der Waals surface area contributed by atoms with Gasteiger partial charge >= 0.3 is 0 Å². The van der Waals surface area contributed by atoms with E-state index in [4.69, 9.17) is 0 Å². The van der Waals surface area contributed by atoms with Crippen LogP contribution in [0.4, 0.5) is 5.69 Å². The Morgan fingerprint density at radius 2 is 2.14 bits per heavy atom. The van der Waals surface area contributed by atoms with Gasteiger partial charge in [-0.05, 0) is 24.8 Å². The maximum atomic E-state index is 10.9. The molecule has 0 fully saturated rings. The Morgan fingerprint density at radius 1 is 1.43 bits per heavy atom. The summed E-state index contributed by atoms with van der Waals surface area (Å²) in [6.45, 7) is 5.77. The van der Waals surface area contributed by atoms with E-state index >= 15 is 0 Å². The molecule has 0 radical (unpaired) electrons. The summed E-state index contributed by atoms with van der Waals surface area (Å²) >= 11 is 0. The highest BCUT2D eigenvalue weighted by molar-refractivity contribution is 5.49. The van der Waals surface area contributed by atoms with Crippen molar-refractivity contribution in [3.63, 3.8) is 0 Å². The summed E-state index contributed by atoms with van der Waals surface area (Å²) in [4.78, 5) is 10.5. The van der Waals surface area contributed by atoms with Gasteiger partial charge in [0.1, 0.15) is 5.69 Å². The first-order valence-corrected chi connectivity index (χ1v) is 6.73. The highest BCUT2D eigenvalue weighted by atomic mass is 16.6. The minimum atomic E-state index is -0.436. The van der Waals surface area contributed by atoms with Crippen LogP contribution in [0.15, 0.2) is 18.2 Å². The molecule has 1 N–H and O–H groups in total. The van der Waals surface area contributed by atoms with Crippen molar-refractivity contribution < 1.29 is 10.0 Å². The van der Waals surface area contributed by atoms with Crippen molar-refractivity contribution in [1.29, 1.82) is 0 Å². The van der Waals surface area contributed by atoms with Gasteiger partial charge in [0.05, 0.1) is 22.9 Å². The van der Waals surface area contributed by atoms with Crippen LogP contribution in [0.1, 0.15) is 30.8 Å². The van der Waals surface area contributed by atoms with E-state index in [1.807, 2.05) is 6.92 Å². The predicted molar refractivity (Wildman–Crippen MR) is 77.2 cm³/mol. The van der Waals surface area contributed by atoms with Gasteiger partial charge in [0.25, 0.3) is 5.69 Å². The molecule has 112 valence electrons. The lowest BCUT2D eigenvalue weighted by molar-refractivity contribution is -0.384. The molecule has 0 spiro atoms. The fraction of sp³-hybridized carbons (Fsp3) is 0.429. The Morgan fingerprint density at radius 3 is 2.71 bits per heavy atom. The van der Waals surface area contributed by atoms with E-state index in [9.17, 15) is 15.2 Å². The number of benzene rings is 1. The lowest BCUT2D eigenvalue weighted by Crippen LogP contribution is -2.09. The third-order valence-corrected chi connectivity index (χ3v) is 3.23. The average molecular weight is 290 g/mol. The van der Waals surface area contributed by atoms with Crippen LogP contribution in [0.3, 0.4) is 0 Å². The Kier molecular flexibility index (Phi) is 4.32. The number of hydrogen-bond acceptors (Lipinski definition) is 5. The number of aromatic nitrogens is 3. The van der Waals surface area contributed by atoms with Crippen LogP contribution in [-0.2, 0) is 13.0 Å². The summed E-state index contributed by atoms with van der Waals surface area (Å²) < 4.78 is 1.59. The smallest absolute Gasteiger partial charge is 0.271 e. The third kappa shape index (κ3) is 3.08. The molecule has 0 saturated heterocycles. The van der Waals surface area contributed by atoms with E-state index in [2.05, 4.69) is 24.2 Å². The molecular formula is C14H18N4O3. The number of non-ortho nitro benzene ring substituents is 1. The Bertz CT molecular complexity index is 664. The molecule has 2 aromatic rings. The summed E-state index contributed by atoms with van der Waals surface area (Å²) in [6, 6.07) is 4.63. The monoisotopic (exact) mass is 290 g/mol. The minimum Gasteiger partial charge on any atom is -0.390 e. The van der Waals surface area contributed by atoms with Crippen LogP contribution in [0.2, 0.25) is 0 Å². The number of rotatable bonds is 5. The fourth-order valence-corrected chi connectivity index (χ4v) is 2.18. The molecule has 21 heavy (non-hydrogen) atoms. The van der Waals surface area contributed by atoms with Crippen molar-refractivity contribution in [2.45, 2.75) is 33.8 Å². The van der Waals surface area contributed by atoms with Crippen LogP contribution < -0.4 is 0 Å². The quantitative estimate of drug-likeness (QED) is 0.672. The topological polar surface area (TPSA) is 94.1 Å². The zero-order chi connectivity index (χ0) is 15.6. The van der Waals surface area contributed by atoms with Gasteiger partial charge in [-0.2, -0.15) is 0 Å². The molecule has 0 aliphatic heterocycles. The Labute approximate surface area is 122 Å². The highest BCUT2D eigenvalue weighted by Crippen LogP contribution is 2.23. The first kappa shape index (κ1) is 15.1. The van der Waals surface area contributed by atoms with Crippen LogP contribution in [0, 0.1) is 23.0 Å². The molecule has 2 rings (SSSR count). The van der Waals surface area contributed by atoms with Gasteiger partial charge < -0.3 is 5.11 Å². The van der Waals surface area contributed by atoms with Crippen LogP contribution in [0.25, 0.3) is 5.69 Å². The number of hydrogen-bond donors (Lipinski definition) is 1. The zero-order valence-electron chi connectivity index (χ0n) is 12.3. The molecule has 0 saturated carbocycles. The Hall–Kier alpha value is -2.28. The van der Waals surface area contributed by atoms with Crippen LogP contribution in [-0.4, -0.2) is 25.0 Å². The molecule has 1 aromatic carbocycles. The number of aliphatic hydroxyl groups is 1. The zero-order valence-corrected chi connectivity index (χ0v) is 12.3. The van der Waals surface area contributed by atoms with E-state index in [1.165, 1.54) is 12.1 Å². The number of nitrogens with zero attached hydrogens (tertiary/aromatic N) is 4. The van der Waals surface area contributed by atoms with E-state index in [1.54, 1.807) is 10.7 Å². The molecular weight excluding hydrogens is 272 g/mol. The fourth-order valence-electron chi connectivity index (χ4n) is 2.18. The number of nitro benzene ring substituents is 1. The summed E-state index contributed by atoms with van der Waals surface area (Å²) in [6.07, 6.45) is 0.686. The van der Waals surface area contributed by atoms with Gasteiger partial charge in [0.15, 0.2) is 0 Å². The summed E-state index contributed by atoms with van der Waals surface area (Å²) in [7, 11) is 0. The lowest BCUT2D eigenvalue weighted by atomic mass is 10.1. The van der Waals surface area contributed by atoms with Crippen molar-refractivity contribution in [3.05, 3.63) is 45.3 Å². The number of nitro groups is 1. The van der Waals surface area contributed by atoms with Crippen molar-refractivity contribution >= 4 is 5.69 Å². The maximum absolute atomic E-state index is 10.9. The largest absolute Gasteiger partial charge is 0.390 e. The normalized spacial score (nSPS) is 11.1. The maximum Gasteiger partial charge on any atom is 0.271 e. The Balaban J connectivity index is 2.58. The van der Waals surface area contributed by atoms with E-state index in [0.29, 0.717) is 23.7 Å². The lowest BCUT2D eigenvalue weighted by Gasteiger charge is -2.11. The molecule has 1 aromatic heterocycles. The van der Waals surface area contributed by atoms with Gasteiger partial charge in [-0.1, -0.05) is 25.1 Å². The summed E-state index contributed by atoms with van der Waals surface area (Å²) in [5.41, 5.74) is 2.78. The molecule has 0 aliphatic rings. The molecule has 0 bridgehead atoms. The van der Waals surface area contributed by atoms with Crippen molar-refractivity contribution in [2.75, 3.05) is 0 Å². The van der Waals surface area contributed by atoms with Gasteiger partial charge in [0.2, 0.25) is 0 Å². The first-order chi connectivity index (χ1) is 9.93. The second kappa shape index (κ2) is 6.01. The second-order valence-corrected chi connectivity index (χ2v) is 5.38. The predicted octanol–water partition coefficient (Wildman–Crippen LogP) is 2.17. The molecule has 0 amide bonds. The average Bonchev–Trinajstić information content (AvgIpc) is 2.81. The SMILES string of the molecule is Cc1ccc([N+](=O)[O-])cc1-n1nnc(CO)c1CC(C)C. The third-order valence-electron chi connectivity index (χ3n) is 3.23. The van der Waals surface area contributed by atoms with Crippen LogP contribution >= 0.6 is 0 Å². The van der Waals surface area contributed by atoms with Gasteiger partial charge in [0, 0.05) is 12.1 Å². The van der Waals surface area contributed by atoms with E-state index in [0.717, 1.165) is 11.3 Å². The minimum absolute atomic E-state index is 0.00662. The van der Waals surface area contributed by atoms with Crippen molar-refractivity contribution in [1.82, 2.24) is 15.0 Å². The second-order valence-electron chi connectivity index (χ2n) is 5.38. The molecule has 1 heterocycles. The molecule has 0 unspecified atom stereocenters. The van der Waals surface area contributed by atoms with Gasteiger partial charge in [-0.15, -0.1) is 5.10 Å². The number of aryl methyl sites for hydroxylation is 1. The van der Waals surface area contributed by atoms with E-state index < -0.39 is 4.92 Å².